The van der Waals surface area contributed by atoms with Crippen LogP contribution in [0.1, 0.15) is 31.4 Å². The minimum atomic E-state index is -0.325. The molecule has 0 aliphatic carbocycles. The van der Waals surface area contributed by atoms with Crippen molar-refractivity contribution in [2.75, 3.05) is 13.2 Å². The molecule has 1 aromatic carbocycles. The van der Waals surface area contributed by atoms with Gasteiger partial charge in [-0.1, -0.05) is 12.1 Å². The van der Waals surface area contributed by atoms with E-state index in [9.17, 15) is 4.79 Å². The van der Waals surface area contributed by atoms with Crippen molar-refractivity contribution in [3.8, 4) is 5.75 Å². The summed E-state index contributed by atoms with van der Waals surface area (Å²) in [7, 11) is 0. The maximum absolute atomic E-state index is 12.1. The topological polar surface area (TPSA) is 65.4 Å². The lowest BCUT2D eigenvalue weighted by atomic mass is 10.2. The molecule has 3 rings (SSSR count). The highest BCUT2D eigenvalue weighted by atomic mass is 16.5. The summed E-state index contributed by atoms with van der Waals surface area (Å²) in [6.07, 6.45) is 5.85. The van der Waals surface area contributed by atoms with Gasteiger partial charge in [-0.3, -0.25) is 9.48 Å². The van der Waals surface area contributed by atoms with Crippen LogP contribution in [0.5, 0.6) is 5.75 Å². The quantitative estimate of drug-likeness (QED) is 0.847. The number of hydrogen-bond donors (Lipinski definition) is 1. The highest BCUT2D eigenvalue weighted by Crippen LogP contribution is 2.16. The van der Waals surface area contributed by atoms with E-state index in [0.29, 0.717) is 13.2 Å². The average molecular weight is 329 g/mol. The Morgan fingerprint density at radius 2 is 2.29 bits per heavy atom. The molecule has 1 aromatic heterocycles. The van der Waals surface area contributed by atoms with Gasteiger partial charge in [0.15, 0.2) is 0 Å². The van der Waals surface area contributed by atoms with Crippen LogP contribution in [0.25, 0.3) is 0 Å². The van der Waals surface area contributed by atoms with Gasteiger partial charge in [-0.15, -0.1) is 0 Å². The highest BCUT2D eigenvalue weighted by molar-refractivity contribution is 5.79. The Hall–Kier alpha value is -2.34. The molecule has 1 fully saturated rings. The van der Waals surface area contributed by atoms with E-state index in [-0.39, 0.29) is 18.1 Å². The molecule has 0 unspecified atom stereocenters. The molecule has 1 N–H and O–H groups in total. The summed E-state index contributed by atoms with van der Waals surface area (Å²) in [5, 5.41) is 7.01. The standard InChI is InChI=1S/C18H23N3O3/c1-14(21-10-3-9-20-21)18(22)19-12-15-5-7-16(8-6-15)24-13-17-4-2-11-23-17/h3,5-10,14,17H,2,4,11-13H2,1H3,(H,19,22)/t14-,17+/m1/s1. The molecule has 0 bridgehead atoms. The minimum absolute atomic E-state index is 0.0580. The Kier molecular flexibility index (Phi) is 5.48. The zero-order valence-electron chi connectivity index (χ0n) is 13.9. The second-order valence-corrected chi connectivity index (χ2v) is 5.97. The van der Waals surface area contributed by atoms with Crippen molar-refractivity contribution in [1.29, 1.82) is 0 Å². The molecule has 0 radical (unpaired) electrons. The van der Waals surface area contributed by atoms with Gasteiger partial charge in [-0.2, -0.15) is 5.10 Å². The Balaban J connectivity index is 1.44. The fourth-order valence-corrected chi connectivity index (χ4v) is 2.64. The van der Waals surface area contributed by atoms with Crippen LogP contribution in [0.2, 0.25) is 0 Å². The molecular weight excluding hydrogens is 306 g/mol. The molecule has 128 valence electrons. The molecule has 1 amide bonds. The number of amides is 1. The van der Waals surface area contributed by atoms with Crippen molar-refractivity contribution in [3.05, 3.63) is 48.3 Å². The Morgan fingerprint density at radius 1 is 1.46 bits per heavy atom. The van der Waals surface area contributed by atoms with Gasteiger partial charge in [0.2, 0.25) is 5.91 Å². The zero-order chi connectivity index (χ0) is 16.8. The summed E-state index contributed by atoms with van der Waals surface area (Å²) in [5.74, 6) is 0.767. The van der Waals surface area contributed by atoms with Crippen LogP contribution < -0.4 is 10.1 Å². The minimum Gasteiger partial charge on any atom is -0.491 e. The van der Waals surface area contributed by atoms with Gasteiger partial charge in [0.1, 0.15) is 18.4 Å². The maximum Gasteiger partial charge on any atom is 0.244 e. The SMILES string of the molecule is C[C@H](C(=O)NCc1ccc(OC[C@@H]2CCCO2)cc1)n1cccn1. The van der Waals surface area contributed by atoms with Crippen LogP contribution in [0, 0.1) is 0 Å². The van der Waals surface area contributed by atoms with Crippen molar-refractivity contribution in [2.45, 2.75) is 38.5 Å². The van der Waals surface area contributed by atoms with Crippen molar-refractivity contribution >= 4 is 5.91 Å². The van der Waals surface area contributed by atoms with E-state index in [2.05, 4.69) is 10.4 Å². The molecule has 24 heavy (non-hydrogen) atoms. The lowest BCUT2D eigenvalue weighted by molar-refractivity contribution is -0.124. The number of rotatable bonds is 7. The molecular formula is C18H23N3O3. The highest BCUT2D eigenvalue weighted by Gasteiger charge is 2.16. The molecule has 2 heterocycles. The summed E-state index contributed by atoms with van der Waals surface area (Å²) >= 11 is 0. The number of ether oxygens (including phenoxy) is 2. The second kappa shape index (κ2) is 7.97. The van der Waals surface area contributed by atoms with Crippen LogP contribution in [-0.4, -0.2) is 35.0 Å². The fraction of sp³-hybridized carbons (Fsp3) is 0.444. The van der Waals surface area contributed by atoms with Gasteiger partial charge in [0.25, 0.3) is 0 Å². The number of carbonyl (C=O) groups is 1. The van der Waals surface area contributed by atoms with Crippen LogP contribution in [0.15, 0.2) is 42.7 Å². The number of hydrogen-bond acceptors (Lipinski definition) is 4. The van der Waals surface area contributed by atoms with E-state index < -0.39 is 0 Å². The molecule has 1 saturated heterocycles. The third kappa shape index (κ3) is 4.35. The second-order valence-electron chi connectivity index (χ2n) is 5.97. The first kappa shape index (κ1) is 16.5. The predicted molar refractivity (Wildman–Crippen MR) is 89.7 cm³/mol. The van der Waals surface area contributed by atoms with Crippen molar-refractivity contribution in [1.82, 2.24) is 15.1 Å². The van der Waals surface area contributed by atoms with Gasteiger partial charge >= 0.3 is 0 Å². The molecule has 2 aromatic rings. The van der Waals surface area contributed by atoms with Crippen LogP contribution in [0.4, 0.5) is 0 Å². The monoisotopic (exact) mass is 329 g/mol. The third-order valence-electron chi connectivity index (χ3n) is 4.15. The van der Waals surface area contributed by atoms with Crippen molar-refractivity contribution < 1.29 is 14.3 Å². The molecule has 6 heteroatoms. The van der Waals surface area contributed by atoms with Crippen molar-refractivity contribution in [2.24, 2.45) is 0 Å². The van der Waals surface area contributed by atoms with Gasteiger partial charge in [-0.05, 0) is 43.5 Å². The first-order valence-electron chi connectivity index (χ1n) is 8.32. The largest absolute Gasteiger partial charge is 0.491 e. The van der Waals surface area contributed by atoms with Gasteiger partial charge < -0.3 is 14.8 Å². The lowest BCUT2D eigenvalue weighted by Crippen LogP contribution is -2.30. The van der Waals surface area contributed by atoms with Crippen LogP contribution >= 0.6 is 0 Å². The molecule has 6 nitrogen and oxygen atoms in total. The van der Waals surface area contributed by atoms with Gasteiger partial charge in [0.05, 0.1) is 6.10 Å². The van der Waals surface area contributed by atoms with E-state index >= 15 is 0 Å². The lowest BCUT2D eigenvalue weighted by Gasteiger charge is -2.13. The number of nitrogens with zero attached hydrogens (tertiary/aromatic N) is 2. The van der Waals surface area contributed by atoms with E-state index in [1.165, 1.54) is 0 Å². The maximum atomic E-state index is 12.1. The first-order valence-corrected chi connectivity index (χ1v) is 8.32. The number of carbonyl (C=O) groups excluding carboxylic acids is 1. The third-order valence-corrected chi connectivity index (χ3v) is 4.15. The summed E-state index contributed by atoms with van der Waals surface area (Å²) in [4.78, 5) is 12.1. The van der Waals surface area contributed by atoms with E-state index in [1.54, 1.807) is 23.1 Å². The smallest absolute Gasteiger partial charge is 0.244 e. The Bertz CT molecular complexity index is 634. The molecule has 2 atom stereocenters. The fourth-order valence-electron chi connectivity index (χ4n) is 2.64. The molecule has 0 spiro atoms. The molecule has 1 aliphatic rings. The summed E-state index contributed by atoms with van der Waals surface area (Å²) < 4.78 is 12.9. The molecule has 1 aliphatic heterocycles. The zero-order valence-corrected chi connectivity index (χ0v) is 13.9. The summed E-state index contributed by atoms with van der Waals surface area (Å²) in [6, 6.07) is 9.25. The number of benzene rings is 1. The molecule has 0 saturated carbocycles. The van der Waals surface area contributed by atoms with E-state index in [1.807, 2.05) is 31.2 Å². The summed E-state index contributed by atoms with van der Waals surface area (Å²) in [5.41, 5.74) is 1.03. The van der Waals surface area contributed by atoms with Crippen LogP contribution in [-0.2, 0) is 16.1 Å². The van der Waals surface area contributed by atoms with E-state index in [0.717, 1.165) is 30.8 Å². The first-order chi connectivity index (χ1) is 11.7. The number of aromatic nitrogens is 2. The van der Waals surface area contributed by atoms with Crippen molar-refractivity contribution in [3.63, 3.8) is 0 Å². The predicted octanol–water partition coefficient (Wildman–Crippen LogP) is 2.32. The Morgan fingerprint density at radius 3 is 2.96 bits per heavy atom. The van der Waals surface area contributed by atoms with Gasteiger partial charge in [-0.25, -0.2) is 0 Å². The van der Waals surface area contributed by atoms with Crippen LogP contribution in [0.3, 0.4) is 0 Å². The van der Waals surface area contributed by atoms with Gasteiger partial charge in [0, 0.05) is 25.5 Å². The Labute approximate surface area is 141 Å². The summed E-state index contributed by atoms with van der Waals surface area (Å²) in [6.45, 7) is 3.74. The number of nitrogens with one attached hydrogen (secondary N) is 1. The average Bonchev–Trinajstić information content (AvgIpc) is 3.31. The normalized spacial score (nSPS) is 18.3. The van der Waals surface area contributed by atoms with E-state index in [4.69, 9.17) is 9.47 Å².